The molecule has 9 heteroatoms. The lowest BCUT2D eigenvalue weighted by Crippen LogP contribution is -2.31. The number of rotatable bonds is 6. The number of amides is 1. The molecular weight excluding hydrogens is 430 g/mol. The highest BCUT2D eigenvalue weighted by Crippen LogP contribution is 2.36. The molecule has 1 aliphatic rings. The number of aromatic nitrogens is 4. The standard InChI is InChI=1S/C25H23N7O2/c1-16-21(23(33)29-19-8-5-13-27-14-19)22(32-25(28-16)30-24(26)31-32)18-9-11-20(12-10-18)34-15-17-6-3-2-4-7-17/h2-14,22H,15H2,1H3,(H,29,33)(H3,26,28,30,31). The van der Waals surface area contributed by atoms with Crippen LogP contribution in [0.2, 0.25) is 0 Å². The third-order valence-corrected chi connectivity index (χ3v) is 5.48. The van der Waals surface area contributed by atoms with E-state index in [0.29, 0.717) is 29.5 Å². The predicted molar refractivity (Wildman–Crippen MR) is 129 cm³/mol. The van der Waals surface area contributed by atoms with Gasteiger partial charge in [0.1, 0.15) is 18.4 Å². The first-order chi connectivity index (χ1) is 16.6. The van der Waals surface area contributed by atoms with Gasteiger partial charge in [-0.05, 0) is 42.3 Å². The van der Waals surface area contributed by atoms with Crippen LogP contribution in [0.25, 0.3) is 0 Å². The zero-order valence-electron chi connectivity index (χ0n) is 18.5. The van der Waals surface area contributed by atoms with E-state index in [2.05, 4.69) is 25.7 Å². The minimum Gasteiger partial charge on any atom is -0.489 e. The summed E-state index contributed by atoms with van der Waals surface area (Å²) in [6.45, 7) is 2.30. The van der Waals surface area contributed by atoms with Crippen molar-refractivity contribution >= 4 is 23.5 Å². The first-order valence-corrected chi connectivity index (χ1v) is 10.8. The van der Waals surface area contributed by atoms with Gasteiger partial charge in [-0.1, -0.05) is 42.5 Å². The number of allylic oxidation sites excluding steroid dienone is 1. The van der Waals surface area contributed by atoms with Crippen LogP contribution in [0.1, 0.15) is 24.1 Å². The number of pyridine rings is 1. The summed E-state index contributed by atoms with van der Waals surface area (Å²) in [5, 5.41) is 10.4. The Kier molecular flexibility index (Phi) is 5.65. The maximum absolute atomic E-state index is 13.4. The van der Waals surface area contributed by atoms with Gasteiger partial charge in [0.15, 0.2) is 0 Å². The first kappa shape index (κ1) is 21.2. The van der Waals surface area contributed by atoms with Crippen LogP contribution in [0, 0.1) is 0 Å². The highest BCUT2D eigenvalue weighted by molar-refractivity contribution is 6.05. The number of nitrogens with zero attached hydrogens (tertiary/aromatic N) is 4. The molecule has 34 heavy (non-hydrogen) atoms. The van der Waals surface area contributed by atoms with E-state index in [9.17, 15) is 4.79 Å². The van der Waals surface area contributed by atoms with Gasteiger partial charge in [0, 0.05) is 11.9 Å². The summed E-state index contributed by atoms with van der Waals surface area (Å²) < 4.78 is 7.54. The number of carbonyl (C=O) groups excluding carboxylic acids is 1. The van der Waals surface area contributed by atoms with Crippen molar-refractivity contribution in [2.75, 3.05) is 16.4 Å². The van der Waals surface area contributed by atoms with Crippen LogP contribution in [-0.2, 0) is 11.4 Å². The first-order valence-electron chi connectivity index (χ1n) is 10.8. The summed E-state index contributed by atoms with van der Waals surface area (Å²) in [5.74, 6) is 1.05. The molecule has 0 saturated heterocycles. The Morgan fingerprint density at radius 3 is 2.65 bits per heavy atom. The molecule has 170 valence electrons. The second-order valence-electron chi connectivity index (χ2n) is 7.84. The molecule has 0 bridgehead atoms. The van der Waals surface area contributed by atoms with Crippen molar-refractivity contribution in [2.24, 2.45) is 0 Å². The number of benzene rings is 2. The van der Waals surface area contributed by atoms with Crippen LogP contribution in [0.5, 0.6) is 5.75 Å². The highest BCUT2D eigenvalue weighted by Gasteiger charge is 2.34. The number of hydrogen-bond acceptors (Lipinski definition) is 7. The molecule has 4 aromatic rings. The minimum atomic E-state index is -0.527. The quantitative estimate of drug-likeness (QED) is 0.406. The van der Waals surface area contributed by atoms with Crippen LogP contribution in [-0.4, -0.2) is 25.7 Å². The van der Waals surface area contributed by atoms with Crippen molar-refractivity contribution in [3.05, 3.63) is 102 Å². The van der Waals surface area contributed by atoms with E-state index in [1.807, 2.05) is 61.5 Å². The normalized spacial score (nSPS) is 14.8. The Balaban J connectivity index is 1.44. The fraction of sp³-hybridized carbons (Fsp3) is 0.120. The number of ether oxygens (including phenoxy) is 1. The van der Waals surface area contributed by atoms with Gasteiger partial charge in [-0.25, -0.2) is 4.68 Å². The summed E-state index contributed by atoms with van der Waals surface area (Å²) >= 11 is 0. The number of fused-ring (bicyclic) bond motifs is 1. The lowest BCUT2D eigenvalue weighted by molar-refractivity contribution is -0.113. The Hall–Kier alpha value is -4.66. The Bertz CT molecular complexity index is 1330. The van der Waals surface area contributed by atoms with Gasteiger partial charge in [0.05, 0.1) is 17.5 Å². The number of hydrogen-bond donors (Lipinski definition) is 3. The van der Waals surface area contributed by atoms with Gasteiger partial charge in [-0.3, -0.25) is 9.78 Å². The molecule has 9 nitrogen and oxygen atoms in total. The number of nitrogens with two attached hydrogens (primary N) is 1. The van der Waals surface area contributed by atoms with Crippen LogP contribution in [0.4, 0.5) is 17.6 Å². The van der Waals surface area contributed by atoms with Crippen molar-refractivity contribution in [3.63, 3.8) is 0 Å². The molecule has 5 rings (SSSR count). The highest BCUT2D eigenvalue weighted by atomic mass is 16.5. The van der Waals surface area contributed by atoms with Gasteiger partial charge in [0.2, 0.25) is 11.9 Å². The van der Waals surface area contributed by atoms with Crippen LogP contribution < -0.4 is 21.1 Å². The van der Waals surface area contributed by atoms with E-state index < -0.39 is 6.04 Å². The SMILES string of the molecule is CC1=C(C(=O)Nc2cccnc2)C(c2ccc(OCc3ccccc3)cc2)n2nc(N)nc2N1. The topological polar surface area (TPSA) is 120 Å². The fourth-order valence-corrected chi connectivity index (χ4v) is 3.89. The van der Waals surface area contributed by atoms with Gasteiger partial charge in [0.25, 0.3) is 5.91 Å². The Morgan fingerprint density at radius 1 is 1.12 bits per heavy atom. The lowest BCUT2D eigenvalue weighted by atomic mass is 9.95. The summed E-state index contributed by atoms with van der Waals surface area (Å²) in [5.41, 5.74) is 9.56. The smallest absolute Gasteiger partial charge is 0.255 e. The monoisotopic (exact) mass is 453 g/mol. The van der Waals surface area contributed by atoms with Gasteiger partial charge < -0.3 is 21.1 Å². The van der Waals surface area contributed by atoms with E-state index in [0.717, 1.165) is 16.9 Å². The molecular formula is C25H23N7O2. The molecule has 1 unspecified atom stereocenters. The largest absolute Gasteiger partial charge is 0.489 e. The van der Waals surface area contributed by atoms with E-state index in [4.69, 9.17) is 10.5 Å². The predicted octanol–water partition coefficient (Wildman–Crippen LogP) is 3.76. The van der Waals surface area contributed by atoms with Crippen molar-refractivity contribution < 1.29 is 9.53 Å². The zero-order chi connectivity index (χ0) is 23.5. The molecule has 1 amide bonds. The van der Waals surface area contributed by atoms with Gasteiger partial charge in [-0.15, -0.1) is 5.10 Å². The van der Waals surface area contributed by atoms with E-state index in [1.165, 1.54) is 0 Å². The number of nitrogen functional groups attached to an aromatic ring is 1. The second-order valence-corrected chi connectivity index (χ2v) is 7.84. The maximum atomic E-state index is 13.4. The van der Waals surface area contributed by atoms with Crippen molar-refractivity contribution in [1.82, 2.24) is 19.7 Å². The van der Waals surface area contributed by atoms with Crippen LogP contribution in [0.3, 0.4) is 0 Å². The van der Waals surface area contributed by atoms with E-state index in [-0.39, 0.29) is 11.9 Å². The molecule has 4 N–H and O–H groups in total. The number of carbonyl (C=O) groups is 1. The maximum Gasteiger partial charge on any atom is 0.255 e. The average Bonchev–Trinajstić information content (AvgIpc) is 3.23. The van der Waals surface area contributed by atoms with Crippen LogP contribution in [0.15, 0.2) is 90.4 Å². The average molecular weight is 454 g/mol. The molecule has 0 radical (unpaired) electrons. The molecule has 2 aromatic carbocycles. The molecule has 3 heterocycles. The second kappa shape index (κ2) is 9.07. The molecule has 1 atom stereocenters. The third kappa shape index (κ3) is 4.31. The van der Waals surface area contributed by atoms with E-state index >= 15 is 0 Å². The lowest BCUT2D eigenvalue weighted by Gasteiger charge is -2.28. The fourth-order valence-electron chi connectivity index (χ4n) is 3.89. The number of anilines is 3. The molecule has 0 spiro atoms. The molecule has 2 aromatic heterocycles. The molecule has 0 aliphatic carbocycles. The Labute approximate surface area is 196 Å². The summed E-state index contributed by atoms with van der Waals surface area (Å²) in [6, 6.07) is 20.6. The summed E-state index contributed by atoms with van der Waals surface area (Å²) in [7, 11) is 0. The van der Waals surface area contributed by atoms with Crippen molar-refractivity contribution in [3.8, 4) is 5.75 Å². The number of nitrogens with one attached hydrogen (secondary N) is 2. The van der Waals surface area contributed by atoms with E-state index in [1.54, 1.807) is 29.2 Å². The summed E-state index contributed by atoms with van der Waals surface area (Å²) in [6.07, 6.45) is 3.24. The molecule has 1 aliphatic heterocycles. The minimum absolute atomic E-state index is 0.122. The molecule has 0 fully saturated rings. The molecule has 0 saturated carbocycles. The van der Waals surface area contributed by atoms with Crippen molar-refractivity contribution in [2.45, 2.75) is 19.6 Å². The summed E-state index contributed by atoms with van der Waals surface area (Å²) in [4.78, 5) is 21.7. The van der Waals surface area contributed by atoms with Gasteiger partial charge in [-0.2, -0.15) is 4.98 Å². The van der Waals surface area contributed by atoms with Crippen LogP contribution >= 0.6 is 0 Å². The third-order valence-electron chi connectivity index (χ3n) is 5.48. The van der Waals surface area contributed by atoms with Gasteiger partial charge >= 0.3 is 0 Å². The zero-order valence-corrected chi connectivity index (χ0v) is 18.5. The van der Waals surface area contributed by atoms with Crippen molar-refractivity contribution in [1.29, 1.82) is 0 Å². The Morgan fingerprint density at radius 2 is 1.91 bits per heavy atom.